The molecular formula is C16H24ClN3. The molecule has 2 atom stereocenters. The molecule has 1 aromatic carbocycles. The maximum absolute atomic E-state index is 6.03. The van der Waals surface area contributed by atoms with Gasteiger partial charge in [0.15, 0.2) is 0 Å². The van der Waals surface area contributed by atoms with Crippen molar-refractivity contribution in [3.05, 3.63) is 34.9 Å². The Morgan fingerprint density at radius 1 is 1.20 bits per heavy atom. The van der Waals surface area contributed by atoms with Crippen molar-refractivity contribution in [1.82, 2.24) is 15.1 Å². The van der Waals surface area contributed by atoms with Crippen molar-refractivity contribution in [3.8, 4) is 0 Å². The average molecular weight is 294 g/mol. The number of benzene rings is 1. The van der Waals surface area contributed by atoms with Gasteiger partial charge in [0.25, 0.3) is 0 Å². The standard InChI is InChI=1S/C16H24ClN3/c1-2-7-18-16(13-3-5-14(17)6-4-13)15-12-19-8-10-20(15)11-9-19/h3-6,15-16,18H,2,7-12H2,1H3. The highest BCUT2D eigenvalue weighted by atomic mass is 35.5. The van der Waals surface area contributed by atoms with Crippen LogP contribution in [0, 0.1) is 0 Å². The highest BCUT2D eigenvalue weighted by Crippen LogP contribution is 2.28. The lowest BCUT2D eigenvalue weighted by Gasteiger charge is -2.50. The molecule has 3 aliphatic rings. The molecule has 0 spiro atoms. The van der Waals surface area contributed by atoms with Gasteiger partial charge in [-0.25, -0.2) is 0 Å². The van der Waals surface area contributed by atoms with Gasteiger partial charge < -0.3 is 5.32 Å². The van der Waals surface area contributed by atoms with Crippen molar-refractivity contribution in [2.24, 2.45) is 0 Å². The predicted octanol–water partition coefficient (Wildman–Crippen LogP) is 2.38. The van der Waals surface area contributed by atoms with Gasteiger partial charge in [-0.15, -0.1) is 0 Å². The minimum Gasteiger partial charge on any atom is -0.309 e. The fraction of sp³-hybridized carbons (Fsp3) is 0.625. The Balaban J connectivity index is 1.80. The summed E-state index contributed by atoms with van der Waals surface area (Å²) in [5, 5.41) is 4.57. The molecule has 3 aliphatic heterocycles. The predicted molar refractivity (Wildman–Crippen MR) is 84.3 cm³/mol. The Morgan fingerprint density at radius 2 is 1.90 bits per heavy atom. The topological polar surface area (TPSA) is 18.5 Å². The first-order valence-electron chi connectivity index (χ1n) is 7.73. The van der Waals surface area contributed by atoms with Crippen LogP contribution in [0.2, 0.25) is 5.02 Å². The molecule has 3 fully saturated rings. The number of halogens is 1. The van der Waals surface area contributed by atoms with Crippen LogP contribution in [0.1, 0.15) is 24.9 Å². The number of nitrogens with one attached hydrogen (secondary N) is 1. The van der Waals surface area contributed by atoms with Crippen LogP contribution in [0.3, 0.4) is 0 Å². The highest BCUT2D eigenvalue weighted by Gasteiger charge is 2.37. The van der Waals surface area contributed by atoms with Crippen molar-refractivity contribution < 1.29 is 0 Å². The molecule has 0 saturated carbocycles. The molecule has 2 bridgehead atoms. The fourth-order valence-electron chi connectivity index (χ4n) is 3.42. The smallest absolute Gasteiger partial charge is 0.0490 e. The largest absolute Gasteiger partial charge is 0.309 e. The van der Waals surface area contributed by atoms with E-state index in [1.807, 2.05) is 12.1 Å². The zero-order valence-electron chi connectivity index (χ0n) is 12.2. The number of fused-ring (bicyclic) bond motifs is 3. The van der Waals surface area contributed by atoms with Crippen LogP contribution in [-0.2, 0) is 0 Å². The van der Waals surface area contributed by atoms with Crippen molar-refractivity contribution in [2.45, 2.75) is 25.4 Å². The second kappa shape index (κ2) is 6.44. The Labute approximate surface area is 126 Å². The molecule has 3 saturated heterocycles. The summed E-state index contributed by atoms with van der Waals surface area (Å²) in [7, 11) is 0. The van der Waals surface area contributed by atoms with E-state index < -0.39 is 0 Å². The number of piperazine rings is 3. The van der Waals surface area contributed by atoms with Crippen molar-refractivity contribution >= 4 is 11.6 Å². The summed E-state index contributed by atoms with van der Waals surface area (Å²) in [6.45, 7) is 9.37. The van der Waals surface area contributed by atoms with Crippen LogP contribution in [0.5, 0.6) is 0 Å². The summed E-state index contributed by atoms with van der Waals surface area (Å²) < 4.78 is 0. The number of nitrogens with zero attached hydrogens (tertiary/aromatic N) is 2. The van der Waals surface area contributed by atoms with Gasteiger partial charge >= 0.3 is 0 Å². The molecule has 0 amide bonds. The van der Waals surface area contributed by atoms with E-state index in [1.165, 1.54) is 44.7 Å². The first-order chi connectivity index (χ1) is 9.78. The third kappa shape index (κ3) is 3.01. The second-order valence-corrected chi connectivity index (χ2v) is 6.32. The van der Waals surface area contributed by atoms with Gasteiger partial charge in [0.2, 0.25) is 0 Å². The van der Waals surface area contributed by atoms with E-state index in [2.05, 4.69) is 34.2 Å². The molecule has 0 aromatic heterocycles. The zero-order valence-corrected chi connectivity index (χ0v) is 12.9. The van der Waals surface area contributed by atoms with E-state index in [4.69, 9.17) is 11.6 Å². The monoisotopic (exact) mass is 293 g/mol. The Hall–Kier alpha value is -0.610. The number of hydrogen-bond acceptors (Lipinski definition) is 3. The van der Waals surface area contributed by atoms with Crippen LogP contribution in [0.25, 0.3) is 0 Å². The summed E-state index contributed by atoms with van der Waals surface area (Å²) in [6.07, 6.45) is 1.17. The molecular weight excluding hydrogens is 270 g/mol. The summed E-state index contributed by atoms with van der Waals surface area (Å²) in [5.74, 6) is 0. The third-order valence-electron chi connectivity index (χ3n) is 4.55. The molecule has 3 nitrogen and oxygen atoms in total. The first kappa shape index (κ1) is 14.3. The lowest BCUT2D eigenvalue weighted by Crippen LogP contribution is -2.64. The van der Waals surface area contributed by atoms with E-state index in [0.717, 1.165) is 11.6 Å². The lowest BCUT2D eigenvalue weighted by atomic mass is 9.94. The molecule has 1 aromatic rings. The van der Waals surface area contributed by atoms with E-state index in [9.17, 15) is 0 Å². The quantitative estimate of drug-likeness (QED) is 0.899. The van der Waals surface area contributed by atoms with Gasteiger partial charge in [0, 0.05) is 49.8 Å². The van der Waals surface area contributed by atoms with Crippen molar-refractivity contribution in [2.75, 3.05) is 39.3 Å². The minimum atomic E-state index is 0.412. The summed E-state index contributed by atoms with van der Waals surface area (Å²) in [6, 6.07) is 9.37. The Kier molecular flexibility index (Phi) is 4.61. The van der Waals surface area contributed by atoms with Gasteiger partial charge in [0.05, 0.1) is 0 Å². The Bertz CT molecular complexity index is 426. The second-order valence-electron chi connectivity index (χ2n) is 5.89. The first-order valence-corrected chi connectivity index (χ1v) is 8.11. The molecule has 4 heteroatoms. The maximum atomic E-state index is 6.03. The molecule has 3 heterocycles. The van der Waals surface area contributed by atoms with Crippen LogP contribution >= 0.6 is 11.6 Å². The summed E-state index contributed by atoms with van der Waals surface area (Å²) in [4.78, 5) is 5.25. The molecule has 2 unspecified atom stereocenters. The van der Waals surface area contributed by atoms with E-state index in [0.29, 0.717) is 12.1 Å². The average Bonchev–Trinajstić information content (AvgIpc) is 2.51. The maximum Gasteiger partial charge on any atom is 0.0490 e. The number of hydrogen-bond donors (Lipinski definition) is 1. The van der Waals surface area contributed by atoms with Crippen LogP contribution < -0.4 is 5.32 Å². The lowest BCUT2D eigenvalue weighted by molar-refractivity contribution is -0.00364. The number of rotatable bonds is 5. The summed E-state index contributed by atoms with van der Waals surface area (Å²) in [5.41, 5.74) is 1.36. The molecule has 110 valence electrons. The molecule has 20 heavy (non-hydrogen) atoms. The van der Waals surface area contributed by atoms with Gasteiger partial charge in [-0.05, 0) is 30.7 Å². The van der Waals surface area contributed by atoms with Gasteiger partial charge in [-0.3, -0.25) is 9.80 Å². The van der Waals surface area contributed by atoms with Crippen molar-refractivity contribution in [1.29, 1.82) is 0 Å². The van der Waals surface area contributed by atoms with Gasteiger partial charge in [-0.2, -0.15) is 0 Å². The molecule has 4 rings (SSSR count). The van der Waals surface area contributed by atoms with E-state index in [1.54, 1.807) is 0 Å². The fourth-order valence-corrected chi connectivity index (χ4v) is 3.55. The molecule has 0 aliphatic carbocycles. The summed E-state index contributed by atoms with van der Waals surface area (Å²) >= 11 is 6.03. The van der Waals surface area contributed by atoms with Crippen LogP contribution in [0.4, 0.5) is 0 Å². The van der Waals surface area contributed by atoms with E-state index in [-0.39, 0.29) is 0 Å². The van der Waals surface area contributed by atoms with Crippen LogP contribution in [0.15, 0.2) is 24.3 Å². The zero-order chi connectivity index (χ0) is 13.9. The minimum absolute atomic E-state index is 0.412. The molecule has 1 N–H and O–H groups in total. The van der Waals surface area contributed by atoms with Gasteiger partial charge in [-0.1, -0.05) is 30.7 Å². The van der Waals surface area contributed by atoms with Gasteiger partial charge in [0.1, 0.15) is 0 Å². The molecule has 0 radical (unpaired) electrons. The normalized spacial score (nSPS) is 30.4. The van der Waals surface area contributed by atoms with E-state index >= 15 is 0 Å². The highest BCUT2D eigenvalue weighted by molar-refractivity contribution is 6.30. The van der Waals surface area contributed by atoms with Crippen molar-refractivity contribution in [3.63, 3.8) is 0 Å². The Morgan fingerprint density at radius 3 is 2.45 bits per heavy atom. The van der Waals surface area contributed by atoms with Crippen LogP contribution in [-0.4, -0.2) is 55.1 Å². The SMILES string of the molecule is CCCNC(c1ccc(Cl)cc1)C1CN2CCN1CC2. The third-order valence-corrected chi connectivity index (χ3v) is 4.80.